The predicted molar refractivity (Wildman–Crippen MR) is 121 cm³/mol. The van der Waals surface area contributed by atoms with E-state index >= 15 is 0 Å². The van der Waals surface area contributed by atoms with Crippen LogP contribution in [0.2, 0.25) is 0 Å². The Bertz CT molecular complexity index is 1090. The summed E-state index contributed by atoms with van der Waals surface area (Å²) in [4.78, 5) is 17.2. The van der Waals surface area contributed by atoms with Gasteiger partial charge in [-0.1, -0.05) is 19.9 Å². The summed E-state index contributed by atoms with van der Waals surface area (Å²) in [6, 6.07) is 12.6. The van der Waals surface area contributed by atoms with Gasteiger partial charge < -0.3 is 15.4 Å². The molecule has 1 aromatic heterocycles. The molecule has 1 amide bonds. The number of rotatable bonds is 7. The van der Waals surface area contributed by atoms with Crippen LogP contribution in [-0.4, -0.2) is 17.4 Å². The molecule has 2 N–H and O–H groups in total. The molecule has 0 spiro atoms. The second-order valence-corrected chi connectivity index (χ2v) is 7.88. The highest BCUT2D eigenvalue weighted by Gasteiger charge is 2.30. The van der Waals surface area contributed by atoms with Gasteiger partial charge in [0.15, 0.2) is 0 Å². The maximum Gasteiger partial charge on any atom is 0.416 e. The summed E-state index contributed by atoms with van der Waals surface area (Å²) in [6.07, 6.45) is -2.92. The van der Waals surface area contributed by atoms with Crippen LogP contribution in [0, 0.1) is 5.92 Å². The number of ether oxygens (including phenoxy) is 1. The zero-order valence-electron chi connectivity index (χ0n) is 17.4. The first-order valence-corrected chi connectivity index (χ1v) is 10.3. The van der Waals surface area contributed by atoms with Crippen LogP contribution in [-0.2, 0) is 6.18 Å². The van der Waals surface area contributed by atoms with E-state index in [9.17, 15) is 18.0 Å². The van der Waals surface area contributed by atoms with Crippen molar-refractivity contribution in [1.82, 2.24) is 4.98 Å². The first kappa shape index (κ1) is 23.5. The van der Waals surface area contributed by atoms with Gasteiger partial charge in [0.05, 0.1) is 16.1 Å². The molecule has 3 aromatic rings. The van der Waals surface area contributed by atoms with Crippen LogP contribution in [0.15, 0.2) is 65.7 Å². The number of nitrogens with zero attached hydrogens (tertiary/aromatic N) is 1. The minimum Gasteiger partial charge on any atom is -0.457 e. The minimum atomic E-state index is -4.45. The van der Waals surface area contributed by atoms with Crippen molar-refractivity contribution in [2.75, 3.05) is 17.2 Å². The Balaban J connectivity index is 1.67. The summed E-state index contributed by atoms with van der Waals surface area (Å²) < 4.78 is 44.0. The molecule has 0 aliphatic carbocycles. The Kier molecular flexibility index (Phi) is 7.29. The van der Waals surface area contributed by atoms with Gasteiger partial charge in [-0.25, -0.2) is 4.98 Å². The minimum absolute atomic E-state index is 0.0613. The molecule has 0 atom stereocenters. The van der Waals surface area contributed by atoms with E-state index in [4.69, 9.17) is 4.74 Å². The quantitative estimate of drug-likeness (QED) is 0.352. The highest BCUT2D eigenvalue weighted by atomic mass is 32.1. The molecule has 0 fully saturated rings. The van der Waals surface area contributed by atoms with Crippen LogP contribution in [0.5, 0.6) is 11.5 Å². The number of alkyl halides is 3. The molecule has 168 valence electrons. The highest BCUT2D eigenvalue weighted by Crippen LogP contribution is 2.33. The van der Waals surface area contributed by atoms with E-state index in [-0.39, 0.29) is 11.4 Å². The number of benzene rings is 2. The largest absolute Gasteiger partial charge is 0.457 e. The van der Waals surface area contributed by atoms with Crippen molar-refractivity contribution in [2.45, 2.75) is 24.9 Å². The van der Waals surface area contributed by atoms with Crippen LogP contribution in [0.3, 0.4) is 0 Å². The Hall–Kier alpha value is -3.20. The first-order valence-electron chi connectivity index (χ1n) is 9.82. The summed E-state index contributed by atoms with van der Waals surface area (Å²) >= 11 is 4.43. The van der Waals surface area contributed by atoms with Crippen molar-refractivity contribution < 1.29 is 22.7 Å². The fourth-order valence-corrected chi connectivity index (χ4v) is 3.06. The number of hydrogen-bond donors (Lipinski definition) is 3. The Labute approximate surface area is 189 Å². The number of amides is 1. The Morgan fingerprint density at radius 2 is 1.81 bits per heavy atom. The summed E-state index contributed by atoms with van der Waals surface area (Å²) in [5.74, 6) is 0.376. The molecule has 2 aromatic carbocycles. The van der Waals surface area contributed by atoms with Crippen molar-refractivity contribution in [3.63, 3.8) is 0 Å². The number of carbonyl (C=O) groups is 1. The second kappa shape index (κ2) is 9.95. The molecule has 5 nitrogen and oxygen atoms in total. The molecule has 3 rings (SSSR count). The summed E-state index contributed by atoms with van der Waals surface area (Å²) in [7, 11) is 0. The topological polar surface area (TPSA) is 63.2 Å². The van der Waals surface area contributed by atoms with Gasteiger partial charge in [-0.05, 0) is 54.4 Å². The number of hydrogen-bond acceptors (Lipinski definition) is 5. The summed E-state index contributed by atoms with van der Waals surface area (Å²) in [5, 5.41) is 5.96. The lowest BCUT2D eigenvalue weighted by molar-refractivity contribution is -0.137. The van der Waals surface area contributed by atoms with Crippen molar-refractivity contribution in [2.24, 2.45) is 5.92 Å². The monoisotopic (exact) mass is 461 g/mol. The number of aromatic nitrogens is 1. The van der Waals surface area contributed by atoms with Crippen LogP contribution in [0.25, 0.3) is 0 Å². The lowest BCUT2D eigenvalue weighted by Crippen LogP contribution is -2.16. The van der Waals surface area contributed by atoms with Crippen molar-refractivity contribution in [1.29, 1.82) is 0 Å². The molecular weight excluding hydrogens is 439 g/mol. The third-order valence-electron chi connectivity index (χ3n) is 4.35. The van der Waals surface area contributed by atoms with Gasteiger partial charge in [0.25, 0.3) is 5.91 Å². The van der Waals surface area contributed by atoms with E-state index in [1.54, 1.807) is 30.3 Å². The molecule has 0 radical (unpaired) electrons. The van der Waals surface area contributed by atoms with E-state index < -0.39 is 17.6 Å². The highest BCUT2D eigenvalue weighted by molar-refractivity contribution is 7.80. The maximum atomic E-state index is 12.8. The van der Waals surface area contributed by atoms with Gasteiger partial charge in [-0.15, -0.1) is 12.6 Å². The molecule has 0 aliphatic rings. The van der Waals surface area contributed by atoms with Gasteiger partial charge in [0.2, 0.25) is 0 Å². The molecule has 0 aliphatic heterocycles. The van der Waals surface area contributed by atoms with Crippen LogP contribution in [0.4, 0.5) is 24.5 Å². The lowest BCUT2D eigenvalue weighted by Gasteiger charge is -2.13. The van der Waals surface area contributed by atoms with Crippen LogP contribution >= 0.6 is 12.6 Å². The number of nitrogens with one attached hydrogen (secondary N) is 2. The zero-order chi connectivity index (χ0) is 23.3. The summed E-state index contributed by atoms with van der Waals surface area (Å²) in [5.41, 5.74) is 0.568. The third kappa shape index (κ3) is 6.16. The van der Waals surface area contributed by atoms with Crippen LogP contribution in [0.1, 0.15) is 29.9 Å². The Morgan fingerprint density at radius 3 is 2.47 bits per heavy atom. The standard InChI is InChI=1S/C23H22F3N3O2S/c1-14(2)13-28-19-10-11-27-20(21(19)32)22(30)29-16-6-8-17(9-7-16)31-18-5-3-4-15(12-18)23(24,25)26/h3-12,14,32H,13H2,1-2H3,(H,27,28)(H,29,30). The molecule has 0 saturated heterocycles. The first-order chi connectivity index (χ1) is 15.1. The van der Waals surface area contributed by atoms with E-state index in [0.717, 1.165) is 18.7 Å². The molecule has 1 heterocycles. The number of halogens is 3. The maximum absolute atomic E-state index is 12.8. The van der Waals surface area contributed by atoms with Gasteiger partial charge in [-0.3, -0.25) is 4.79 Å². The number of carbonyl (C=O) groups excluding carboxylic acids is 1. The summed E-state index contributed by atoms with van der Waals surface area (Å²) in [6.45, 7) is 4.87. The second-order valence-electron chi connectivity index (χ2n) is 7.44. The fraction of sp³-hybridized carbons (Fsp3) is 0.217. The van der Waals surface area contributed by atoms with Crippen LogP contribution < -0.4 is 15.4 Å². The number of anilines is 2. The SMILES string of the molecule is CC(C)CNc1ccnc(C(=O)Nc2ccc(Oc3cccc(C(F)(F)F)c3)cc2)c1S. The number of pyridine rings is 1. The van der Waals surface area contributed by atoms with Gasteiger partial charge >= 0.3 is 6.18 Å². The van der Waals surface area contributed by atoms with Gasteiger partial charge in [0, 0.05) is 18.4 Å². The third-order valence-corrected chi connectivity index (χ3v) is 4.80. The smallest absolute Gasteiger partial charge is 0.416 e. The van der Waals surface area contributed by atoms with E-state index in [1.807, 2.05) is 0 Å². The van der Waals surface area contributed by atoms with E-state index in [1.165, 1.54) is 18.3 Å². The number of thiol groups is 1. The molecular formula is C23H22F3N3O2S. The lowest BCUT2D eigenvalue weighted by atomic mass is 10.2. The normalized spacial score (nSPS) is 11.3. The Morgan fingerprint density at radius 1 is 1.09 bits per heavy atom. The van der Waals surface area contributed by atoms with Gasteiger partial charge in [-0.2, -0.15) is 13.2 Å². The van der Waals surface area contributed by atoms with E-state index in [2.05, 4.69) is 42.1 Å². The predicted octanol–water partition coefficient (Wildman–Crippen LogP) is 6.50. The fourth-order valence-electron chi connectivity index (χ4n) is 2.75. The molecule has 0 saturated carbocycles. The average Bonchev–Trinajstić information content (AvgIpc) is 2.74. The van der Waals surface area contributed by atoms with Gasteiger partial charge in [0.1, 0.15) is 17.2 Å². The molecule has 0 unspecified atom stereocenters. The molecule has 32 heavy (non-hydrogen) atoms. The average molecular weight is 462 g/mol. The zero-order valence-corrected chi connectivity index (χ0v) is 18.3. The van der Waals surface area contributed by atoms with Crippen molar-refractivity contribution >= 4 is 29.9 Å². The van der Waals surface area contributed by atoms with Crippen molar-refractivity contribution in [3.05, 3.63) is 72.1 Å². The van der Waals surface area contributed by atoms with Crippen molar-refractivity contribution in [3.8, 4) is 11.5 Å². The molecule has 0 bridgehead atoms. The van der Waals surface area contributed by atoms with E-state index in [0.29, 0.717) is 27.9 Å². The molecule has 9 heteroatoms.